The van der Waals surface area contributed by atoms with Crippen LogP contribution in [0, 0.1) is 0 Å². The van der Waals surface area contributed by atoms with Crippen molar-refractivity contribution in [1.29, 1.82) is 0 Å². The summed E-state index contributed by atoms with van der Waals surface area (Å²) in [5.74, 6) is 1.81. The summed E-state index contributed by atoms with van der Waals surface area (Å²) in [5, 5.41) is 0. The fraction of sp³-hybridized carbons (Fsp3) is 0.636. The summed E-state index contributed by atoms with van der Waals surface area (Å²) >= 11 is 0. The van der Waals surface area contributed by atoms with Crippen molar-refractivity contribution in [2.24, 2.45) is 5.73 Å². The van der Waals surface area contributed by atoms with Crippen LogP contribution in [-0.4, -0.2) is 13.1 Å². The highest BCUT2D eigenvalue weighted by Gasteiger charge is 2.11. The lowest BCUT2D eigenvalue weighted by molar-refractivity contribution is 0.456. The van der Waals surface area contributed by atoms with Crippen molar-refractivity contribution in [1.82, 2.24) is 0 Å². The Balaban J connectivity index is 2.76. The van der Waals surface area contributed by atoms with E-state index in [-0.39, 0.29) is 6.04 Å². The van der Waals surface area contributed by atoms with Crippen molar-refractivity contribution in [3.8, 4) is 0 Å². The molecule has 80 valence electrons. The standard InChI is InChI=1S/C11H20N2O/c1-4-9(12)10-7-8-11(14-10)13(5-2)6-3/h7-9H,4-6,12H2,1-3H3/t9-/m1/s1. The fourth-order valence-electron chi connectivity index (χ4n) is 1.45. The molecule has 1 rings (SSSR count). The van der Waals surface area contributed by atoms with E-state index in [9.17, 15) is 0 Å². The van der Waals surface area contributed by atoms with Crippen LogP contribution < -0.4 is 10.6 Å². The van der Waals surface area contributed by atoms with Crippen molar-refractivity contribution < 1.29 is 4.42 Å². The van der Waals surface area contributed by atoms with Gasteiger partial charge in [0.25, 0.3) is 0 Å². The summed E-state index contributed by atoms with van der Waals surface area (Å²) in [6.07, 6.45) is 0.908. The predicted molar refractivity (Wildman–Crippen MR) is 59.5 cm³/mol. The molecule has 2 N–H and O–H groups in total. The molecular weight excluding hydrogens is 176 g/mol. The molecule has 1 aromatic heterocycles. The van der Waals surface area contributed by atoms with Gasteiger partial charge in [-0.15, -0.1) is 0 Å². The summed E-state index contributed by atoms with van der Waals surface area (Å²) in [6, 6.07) is 4.00. The van der Waals surface area contributed by atoms with Gasteiger partial charge in [0.2, 0.25) is 0 Å². The first-order valence-electron chi connectivity index (χ1n) is 5.33. The number of furan rings is 1. The molecule has 0 bridgehead atoms. The molecule has 1 heterocycles. The Morgan fingerprint density at radius 3 is 2.43 bits per heavy atom. The van der Waals surface area contributed by atoms with Gasteiger partial charge in [0.15, 0.2) is 5.88 Å². The van der Waals surface area contributed by atoms with E-state index in [1.165, 1.54) is 0 Å². The molecule has 1 atom stereocenters. The molecule has 14 heavy (non-hydrogen) atoms. The van der Waals surface area contributed by atoms with Crippen LogP contribution in [0.5, 0.6) is 0 Å². The Bertz CT molecular complexity index is 266. The van der Waals surface area contributed by atoms with Crippen LogP contribution in [-0.2, 0) is 0 Å². The Morgan fingerprint density at radius 1 is 1.29 bits per heavy atom. The van der Waals surface area contributed by atoms with Gasteiger partial charge in [-0.2, -0.15) is 0 Å². The third kappa shape index (κ3) is 2.29. The minimum Gasteiger partial charge on any atom is -0.444 e. The minimum atomic E-state index is 0.0271. The van der Waals surface area contributed by atoms with E-state index in [1.807, 2.05) is 12.1 Å². The highest BCUT2D eigenvalue weighted by molar-refractivity contribution is 5.36. The number of nitrogens with two attached hydrogens (primary N) is 1. The maximum Gasteiger partial charge on any atom is 0.195 e. The van der Waals surface area contributed by atoms with Gasteiger partial charge in [0.05, 0.1) is 6.04 Å². The molecule has 0 fully saturated rings. The van der Waals surface area contributed by atoms with Crippen molar-refractivity contribution >= 4 is 5.88 Å². The largest absolute Gasteiger partial charge is 0.444 e. The SMILES string of the molecule is CC[C@@H](N)c1ccc(N(CC)CC)o1. The normalized spacial score (nSPS) is 12.9. The lowest BCUT2D eigenvalue weighted by Crippen LogP contribution is -2.21. The Labute approximate surface area is 85.9 Å². The molecule has 1 aromatic rings. The smallest absolute Gasteiger partial charge is 0.195 e. The highest BCUT2D eigenvalue weighted by Crippen LogP contribution is 2.23. The molecule has 0 aromatic carbocycles. The van der Waals surface area contributed by atoms with Gasteiger partial charge in [-0.05, 0) is 26.3 Å². The number of rotatable bonds is 5. The lowest BCUT2D eigenvalue weighted by atomic mass is 10.2. The van der Waals surface area contributed by atoms with Gasteiger partial charge in [0.1, 0.15) is 5.76 Å². The zero-order valence-corrected chi connectivity index (χ0v) is 9.29. The van der Waals surface area contributed by atoms with Crippen LogP contribution in [0.15, 0.2) is 16.5 Å². The van der Waals surface area contributed by atoms with Crippen molar-refractivity contribution in [2.45, 2.75) is 33.2 Å². The molecule has 3 heteroatoms. The van der Waals surface area contributed by atoms with Gasteiger partial charge in [-0.1, -0.05) is 6.92 Å². The summed E-state index contributed by atoms with van der Waals surface area (Å²) < 4.78 is 5.68. The Morgan fingerprint density at radius 2 is 1.93 bits per heavy atom. The summed E-state index contributed by atoms with van der Waals surface area (Å²) in [5.41, 5.74) is 5.88. The summed E-state index contributed by atoms with van der Waals surface area (Å²) in [7, 11) is 0. The monoisotopic (exact) mass is 196 g/mol. The fourth-order valence-corrected chi connectivity index (χ4v) is 1.45. The van der Waals surface area contributed by atoms with Gasteiger partial charge >= 0.3 is 0 Å². The van der Waals surface area contributed by atoms with Crippen LogP contribution in [0.3, 0.4) is 0 Å². The number of anilines is 1. The topological polar surface area (TPSA) is 42.4 Å². The Kier molecular flexibility index (Phi) is 4.01. The van der Waals surface area contributed by atoms with Crippen molar-refractivity contribution in [3.63, 3.8) is 0 Å². The molecule has 0 aliphatic carbocycles. The lowest BCUT2D eigenvalue weighted by Gasteiger charge is -2.17. The maximum absolute atomic E-state index is 5.88. The highest BCUT2D eigenvalue weighted by atomic mass is 16.4. The molecule has 0 amide bonds. The zero-order chi connectivity index (χ0) is 10.6. The van der Waals surface area contributed by atoms with Crippen LogP contribution in [0.25, 0.3) is 0 Å². The van der Waals surface area contributed by atoms with Gasteiger partial charge in [0, 0.05) is 19.2 Å². The van der Waals surface area contributed by atoms with Crippen molar-refractivity contribution in [2.75, 3.05) is 18.0 Å². The van der Waals surface area contributed by atoms with Crippen LogP contribution in [0.1, 0.15) is 39.0 Å². The van der Waals surface area contributed by atoms with E-state index in [1.54, 1.807) is 0 Å². The van der Waals surface area contributed by atoms with E-state index >= 15 is 0 Å². The summed E-state index contributed by atoms with van der Waals surface area (Å²) in [4.78, 5) is 2.17. The number of hydrogen-bond acceptors (Lipinski definition) is 3. The summed E-state index contributed by atoms with van der Waals surface area (Å²) in [6.45, 7) is 8.22. The number of hydrogen-bond donors (Lipinski definition) is 1. The van der Waals surface area contributed by atoms with E-state index in [0.717, 1.165) is 31.2 Å². The van der Waals surface area contributed by atoms with E-state index in [0.29, 0.717) is 0 Å². The first kappa shape index (κ1) is 11.1. The molecule has 0 saturated carbocycles. The van der Waals surface area contributed by atoms with Crippen LogP contribution >= 0.6 is 0 Å². The van der Waals surface area contributed by atoms with E-state index in [2.05, 4.69) is 25.7 Å². The molecule has 0 spiro atoms. The van der Waals surface area contributed by atoms with Crippen LogP contribution in [0.4, 0.5) is 5.88 Å². The van der Waals surface area contributed by atoms with Gasteiger partial charge < -0.3 is 15.1 Å². The molecule has 0 aliphatic heterocycles. The van der Waals surface area contributed by atoms with Gasteiger partial charge in [-0.3, -0.25) is 0 Å². The third-order valence-electron chi connectivity index (χ3n) is 2.49. The molecule has 0 aliphatic rings. The molecular formula is C11H20N2O. The second kappa shape index (κ2) is 5.05. The average Bonchev–Trinajstić information content (AvgIpc) is 2.68. The van der Waals surface area contributed by atoms with Crippen molar-refractivity contribution in [3.05, 3.63) is 17.9 Å². The predicted octanol–water partition coefficient (Wildman–Crippen LogP) is 2.54. The molecule has 0 radical (unpaired) electrons. The second-order valence-electron chi connectivity index (χ2n) is 3.36. The third-order valence-corrected chi connectivity index (χ3v) is 2.49. The first-order valence-corrected chi connectivity index (χ1v) is 5.33. The maximum atomic E-state index is 5.88. The first-order chi connectivity index (χ1) is 6.72. The van der Waals surface area contributed by atoms with Crippen LogP contribution in [0.2, 0.25) is 0 Å². The van der Waals surface area contributed by atoms with Gasteiger partial charge in [-0.25, -0.2) is 0 Å². The molecule has 0 saturated heterocycles. The molecule has 0 unspecified atom stereocenters. The zero-order valence-electron chi connectivity index (χ0n) is 9.29. The minimum absolute atomic E-state index is 0.0271. The van der Waals surface area contributed by atoms with E-state index in [4.69, 9.17) is 10.2 Å². The number of nitrogens with zero attached hydrogens (tertiary/aromatic N) is 1. The second-order valence-corrected chi connectivity index (χ2v) is 3.36. The molecule has 3 nitrogen and oxygen atoms in total. The quantitative estimate of drug-likeness (QED) is 0.787. The average molecular weight is 196 g/mol. The Hall–Kier alpha value is -0.960. The van der Waals surface area contributed by atoms with E-state index < -0.39 is 0 Å².